The molecule has 1 amide bonds. The highest BCUT2D eigenvalue weighted by Crippen LogP contribution is 2.39. The lowest BCUT2D eigenvalue weighted by atomic mass is 10.0. The van der Waals surface area contributed by atoms with Crippen molar-refractivity contribution in [3.05, 3.63) is 28.1 Å². The first kappa shape index (κ1) is 27.1. The van der Waals surface area contributed by atoms with Gasteiger partial charge in [0.1, 0.15) is 17.2 Å². The molecule has 3 aromatic rings. The van der Waals surface area contributed by atoms with E-state index >= 15 is 4.39 Å². The van der Waals surface area contributed by atoms with Crippen molar-refractivity contribution in [3.63, 3.8) is 0 Å². The summed E-state index contributed by atoms with van der Waals surface area (Å²) in [5.41, 5.74) is 1.35. The van der Waals surface area contributed by atoms with Crippen molar-refractivity contribution in [2.45, 2.75) is 84.1 Å². The zero-order valence-corrected chi connectivity index (χ0v) is 24.6. The minimum Gasteiger partial charge on any atom is -0.472 e. The minimum absolute atomic E-state index is 0.0510. The summed E-state index contributed by atoms with van der Waals surface area (Å²) in [5.74, 6) is 0.0114. The highest BCUT2D eigenvalue weighted by Gasteiger charge is 2.32. The number of likely N-dealkylation sites (tertiary alicyclic amines) is 2. The molecule has 0 N–H and O–H groups in total. The van der Waals surface area contributed by atoms with E-state index in [-0.39, 0.29) is 29.8 Å². The fourth-order valence-corrected chi connectivity index (χ4v) is 6.05. The molecule has 2 saturated heterocycles. The number of rotatable bonds is 4. The maximum atomic E-state index is 15.6. The van der Waals surface area contributed by atoms with Crippen LogP contribution >= 0.6 is 15.9 Å². The average molecular weight is 591 g/mol. The summed E-state index contributed by atoms with van der Waals surface area (Å²) in [6, 6.07) is 2.29. The number of aromatic nitrogens is 3. The lowest BCUT2D eigenvalue weighted by molar-refractivity contribution is 0.0186. The van der Waals surface area contributed by atoms with Crippen LogP contribution in [0.2, 0.25) is 0 Å². The highest BCUT2D eigenvalue weighted by atomic mass is 79.9. The standard InChI is InChI=1S/C28H37BrFN5O3/c1-16-14-19-24(23(30)22(16)29)32-26(37-17(2)21-8-7-11-33(21)6)20-15-31-35(25(19)20)18-9-12-34(13-10-18)27(36)38-28(3,4)5/h14-15,17-18,21H,7-13H2,1-6H3/t17-,21?/m0/s1. The number of carbonyl (C=O) groups is 1. The summed E-state index contributed by atoms with van der Waals surface area (Å²) in [7, 11) is 2.11. The maximum absolute atomic E-state index is 15.6. The molecule has 0 bridgehead atoms. The minimum atomic E-state index is -0.533. The van der Waals surface area contributed by atoms with Crippen molar-refractivity contribution < 1.29 is 18.7 Å². The Morgan fingerprint density at radius 2 is 1.89 bits per heavy atom. The van der Waals surface area contributed by atoms with Gasteiger partial charge < -0.3 is 14.4 Å². The Labute approximate surface area is 231 Å². The second-order valence-corrected chi connectivity index (χ2v) is 12.5. The predicted molar refractivity (Wildman–Crippen MR) is 149 cm³/mol. The summed E-state index contributed by atoms with van der Waals surface area (Å²) in [5, 5.41) is 6.27. The molecule has 5 rings (SSSR count). The molecule has 4 heterocycles. The zero-order chi connectivity index (χ0) is 27.4. The van der Waals surface area contributed by atoms with Crippen LogP contribution in [0.3, 0.4) is 0 Å². The van der Waals surface area contributed by atoms with Gasteiger partial charge >= 0.3 is 6.09 Å². The van der Waals surface area contributed by atoms with Gasteiger partial charge in [-0.1, -0.05) is 0 Å². The molecule has 2 aliphatic heterocycles. The Morgan fingerprint density at radius 3 is 2.53 bits per heavy atom. The number of hydrogen-bond donors (Lipinski definition) is 0. The lowest BCUT2D eigenvalue weighted by Gasteiger charge is -2.33. The number of nitrogens with zero attached hydrogens (tertiary/aromatic N) is 5. The summed E-state index contributed by atoms with van der Waals surface area (Å²) >= 11 is 3.39. The zero-order valence-electron chi connectivity index (χ0n) is 23.1. The number of benzene rings is 1. The van der Waals surface area contributed by atoms with Crippen LogP contribution in [0.25, 0.3) is 21.8 Å². The van der Waals surface area contributed by atoms with Crippen LogP contribution < -0.4 is 4.74 Å². The number of aryl methyl sites for hydroxylation is 1. The van der Waals surface area contributed by atoms with E-state index in [9.17, 15) is 4.79 Å². The van der Waals surface area contributed by atoms with Gasteiger partial charge in [-0.3, -0.25) is 9.58 Å². The number of carbonyl (C=O) groups excluding carboxylic acids is 1. The summed E-state index contributed by atoms with van der Waals surface area (Å²) in [6.07, 6.45) is 5.03. The highest BCUT2D eigenvalue weighted by molar-refractivity contribution is 9.10. The summed E-state index contributed by atoms with van der Waals surface area (Å²) in [4.78, 5) is 21.4. The number of pyridine rings is 1. The SMILES string of the molecule is Cc1cc2c(nc(O[C@@H](C)C3CCCN3C)c3cnn(C4CCN(C(=O)OC(C)(C)C)CC4)c32)c(F)c1Br. The van der Waals surface area contributed by atoms with E-state index in [1.165, 1.54) is 0 Å². The van der Waals surface area contributed by atoms with Crippen LogP contribution in [0.15, 0.2) is 16.7 Å². The van der Waals surface area contributed by atoms with Crippen LogP contribution in [0.4, 0.5) is 9.18 Å². The number of piperidine rings is 1. The third-order valence-electron chi connectivity index (χ3n) is 7.74. The molecule has 0 spiro atoms. The molecule has 2 fully saturated rings. The van der Waals surface area contributed by atoms with Crippen LogP contribution in [0, 0.1) is 12.7 Å². The fraction of sp³-hybridized carbons (Fsp3) is 0.607. The Bertz CT molecular complexity index is 1360. The van der Waals surface area contributed by atoms with E-state index in [2.05, 4.69) is 34.8 Å². The van der Waals surface area contributed by atoms with Gasteiger partial charge in [0, 0.05) is 24.5 Å². The monoisotopic (exact) mass is 589 g/mol. The van der Waals surface area contributed by atoms with Gasteiger partial charge in [0.25, 0.3) is 0 Å². The molecule has 1 unspecified atom stereocenters. The first-order chi connectivity index (χ1) is 17.9. The van der Waals surface area contributed by atoms with Crippen molar-refractivity contribution in [2.75, 3.05) is 26.7 Å². The molecule has 8 nitrogen and oxygen atoms in total. The molecular weight excluding hydrogens is 553 g/mol. The fourth-order valence-electron chi connectivity index (χ4n) is 5.75. The summed E-state index contributed by atoms with van der Waals surface area (Å²) < 4.78 is 30.0. The van der Waals surface area contributed by atoms with Gasteiger partial charge in [-0.15, -0.1) is 0 Å². The van der Waals surface area contributed by atoms with Crippen LogP contribution in [0.5, 0.6) is 5.88 Å². The van der Waals surface area contributed by atoms with E-state index in [1.807, 2.05) is 38.4 Å². The first-order valence-electron chi connectivity index (χ1n) is 13.4. The second-order valence-electron chi connectivity index (χ2n) is 11.7. The second kappa shape index (κ2) is 10.3. The van der Waals surface area contributed by atoms with Crippen molar-refractivity contribution in [3.8, 4) is 5.88 Å². The Balaban J connectivity index is 1.52. The molecular formula is C28H37BrFN5O3. The third-order valence-corrected chi connectivity index (χ3v) is 8.71. The average Bonchev–Trinajstić information content (AvgIpc) is 3.49. The van der Waals surface area contributed by atoms with Gasteiger partial charge in [-0.05, 0) is 101 Å². The Morgan fingerprint density at radius 1 is 1.18 bits per heavy atom. The van der Waals surface area contributed by atoms with Crippen molar-refractivity contribution >= 4 is 43.8 Å². The van der Waals surface area contributed by atoms with Crippen LogP contribution in [0.1, 0.15) is 65.0 Å². The van der Waals surface area contributed by atoms with Crippen molar-refractivity contribution in [1.29, 1.82) is 0 Å². The lowest BCUT2D eigenvalue weighted by Crippen LogP contribution is -2.42. The third kappa shape index (κ3) is 5.09. The van der Waals surface area contributed by atoms with E-state index < -0.39 is 11.4 Å². The number of halogens is 2. The van der Waals surface area contributed by atoms with E-state index in [0.29, 0.717) is 28.8 Å². The largest absolute Gasteiger partial charge is 0.472 e. The van der Waals surface area contributed by atoms with Crippen molar-refractivity contribution in [1.82, 2.24) is 24.6 Å². The maximum Gasteiger partial charge on any atom is 0.410 e. The molecule has 0 aliphatic carbocycles. The van der Waals surface area contributed by atoms with Gasteiger partial charge in [0.15, 0.2) is 5.82 Å². The number of amides is 1. The van der Waals surface area contributed by atoms with Gasteiger partial charge in [-0.2, -0.15) is 5.10 Å². The molecule has 38 heavy (non-hydrogen) atoms. The van der Waals surface area contributed by atoms with Crippen LogP contribution in [-0.4, -0.2) is 75.1 Å². The molecule has 2 atom stereocenters. The van der Waals surface area contributed by atoms with E-state index in [0.717, 1.165) is 48.7 Å². The number of likely N-dealkylation sites (N-methyl/N-ethyl adjacent to an activating group) is 1. The number of fused-ring (bicyclic) bond motifs is 3. The molecule has 206 valence electrons. The quantitative estimate of drug-likeness (QED) is 0.359. The molecule has 1 aromatic carbocycles. The molecule has 0 saturated carbocycles. The molecule has 2 aliphatic rings. The van der Waals surface area contributed by atoms with E-state index in [1.54, 1.807) is 11.1 Å². The van der Waals surface area contributed by atoms with Crippen LogP contribution in [-0.2, 0) is 4.74 Å². The van der Waals surface area contributed by atoms with Gasteiger partial charge in [-0.25, -0.2) is 14.2 Å². The Kier molecular flexibility index (Phi) is 7.32. The van der Waals surface area contributed by atoms with Gasteiger partial charge in [0.05, 0.1) is 27.6 Å². The smallest absolute Gasteiger partial charge is 0.410 e. The van der Waals surface area contributed by atoms with Gasteiger partial charge in [0.2, 0.25) is 5.88 Å². The summed E-state index contributed by atoms with van der Waals surface area (Å²) in [6.45, 7) is 11.7. The topological polar surface area (TPSA) is 72.7 Å². The Hall–Kier alpha value is -2.46. The van der Waals surface area contributed by atoms with E-state index in [4.69, 9.17) is 19.6 Å². The first-order valence-corrected chi connectivity index (χ1v) is 14.2. The number of hydrogen-bond acceptors (Lipinski definition) is 6. The molecule has 2 aromatic heterocycles. The molecule has 10 heteroatoms. The molecule has 0 radical (unpaired) electrons. The predicted octanol–water partition coefficient (Wildman–Crippen LogP) is 6.23. The normalized spacial score (nSPS) is 20.4. The van der Waals surface area contributed by atoms with Crippen molar-refractivity contribution in [2.24, 2.45) is 0 Å². The number of ether oxygens (including phenoxy) is 2.